The van der Waals surface area contributed by atoms with Crippen LogP contribution in [0, 0.1) is 12.8 Å². The summed E-state index contributed by atoms with van der Waals surface area (Å²) < 4.78 is 10.4. The van der Waals surface area contributed by atoms with Crippen LogP contribution in [0.2, 0.25) is 5.02 Å². The van der Waals surface area contributed by atoms with Gasteiger partial charge in [-0.15, -0.1) is 0 Å². The van der Waals surface area contributed by atoms with Gasteiger partial charge in [-0.3, -0.25) is 9.59 Å². The molecule has 1 N–H and O–H groups in total. The molecule has 1 aliphatic heterocycles. The van der Waals surface area contributed by atoms with E-state index in [9.17, 15) is 9.59 Å². The monoisotopic (exact) mass is 388 g/mol. The van der Waals surface area contributed by atoms with Gasteiger partial charge in [0.2, 0.25) is 11.8 Å². The van der Waals surface area contributed by atoms with Gasteiger partial charge in [-0.1, -0.05) is 17.7 Å². The third kappa shape index (κ3) is 4.01. The topological polar surface area (TPSA) is 67.9 Å². The molecule has 1 saturated heterocycles. The van der Waals surface area contributed by atoms with E-state index in [0.717, 1.165) is 11.3 Å². The van der Waals surface area contributed by atoms with Crippen molar-refractivity contribution in [2.45, 2.75) is 13.3 Å². The maximum absolute atomic E-state index is 12.8. The smallest absolute Gasteiger partial charge is 0.239 e. The second-order valence-electron chi connectivity index (χ2n) is 6.35. The van der Waals surface area contributed by atoms with Crippen LogP contribution < -0.4 is 19.7 Å². The Hall–Kier alpha value is -2.73. The van der Waals surface area contributed by atoms with Gasteiger partial charge in [0.15, 0.2) is 0 Å². The lowest BCUT2D eigenvalue weighted by Gasteiger charge is -2.19. The molecule has 0 radical (unpaired) electrons. The predicted molar refractivity (Wildman–Crippen MR) is 105 cm³/mol. The van der Waals surface area contributed by atoms with Crippen LogP contribution in [-0.4, -0.2) is 32.6 Å². The number of nitrogens with one attached hydrogen (secondary N) is 1. The van der Waals surface area contributed by atoms with E-state index >= 15 is 0 Å². The van der Waals surface area contributed by atoms with Crippen LogP contribution >= 0.6 is 11.6 Å². The molecule has 142 valence electrons. The predicted octanol–water partition coefficient (Wildman–Crippen LogP) is 3.66. The van der Waals surface area contributed by atoms with Crippen LogP contribution in [0.1, 0.15) is 12.0 Å². The Morgan fingerprint density at radius 1 is 1.15 bits per heavy atom. The number of ether oxygens (including phenoxy) is 2. The van der Waals surface area contributed by atoms with Gasteiger partial charge in [-0.05, 0) is 31.0 Å². The van der Waals surface area contributed by atoms with Crippen LogP contribution in [0.25, 0.3) is 0 Å². The molecular weight excluding hydrogens is 368 g/mol. The number of hydrogen-bond donors (Lipinski definition) is 1. The standard InChI is InChI=1S/C20H21ClN2O4/c1-12-4-5-13(21)8-18(12)23-7-6-17(20(23)25)19(24)22-14-9-15(26-2)11-16(10-14)27-3/h4-5,8-11,17H,6-7H2,1-3H3,(H,22,24). The lowest BCUT2D eigenvalue weighted by molar-refractivity contribution is -0.129. The molecule has 0 bridgehead atoms. The van der Waals surface area contributed by atoms with E-state index in [1.54, 1.807) is 35.2 Å². The van der Waals surface area contributed by atoms with Crippen molar-refractivity contribution in [1.82, 2.24) is 0 Å². The molecule has 1 atom stereocenters. The third-order valence-electron chi connectivity index (χ3n) is 4.60. The molecule has 1 unspecified atom stereocenters. The van der Waals surface area contributed by atoms with Gasteiger partial charge in [0.25, 0.3) is 0 Å². The molecule has 6 nitrogen and oxygen atoms in total. The van der Waals surface area contributed by atoms with Crippen molar-refractivity contribution >= 4 is 34.8 Å². The molecule has 2 aromatic rings. The van der Waals surface area contributed by atoms with E-state index < -0.39 is 5.92 Å². The summed E-state index contributed by atoms with van der Waals surface area (Å²) in [6, 6.07) is 10.5. The Labute approximate surface area is 163 Å². The molecule has 2 amide bonds. The average Bonchev–Trinajstić information content (AvgIpc) is 3.04. The molecule has 2 aromatic carbocycles. The highest BCUT2D eigenvalue weighted by atomic mass is 35.5. The first kappa shape index (κ1) is 19.0. The second kappa shape index (κ2) is 7.88. The molecule has 27 heavy (non-hydrogen) atoms. The normalized spacial score (nSPS) is 16.4. The summed E-state index contributed by atoms with van der Waals surface area (Å²) in [5.41, 5.74) is 2.19. The van der Waals surface area contributed by atoms with Gasteiger partial charge in [0, 0.05) is 41.1 Å². The maximum atomic E-state index is 12.8. The minimum Gasteiger partial charge on any atom is -0.497 e. The number of methoxy groups -OCH3 is 2. The molecule has 0 aliphatic carbocycles. The third-order valence-corrected chi connectivity index (χ3v) is 4.84. The first-order valence-corrected chi connectivity index (χ1v) is 8.92. The van der Waals surface area contributed by atoms with Crippen molar-refractivity contribution in [1.29, 1.82) is 0 Å². The number of anilines is 2. The zero-order valence-corrected chi connectivity index (χ0v) is 16.2. The van der Waals surface area contributed by atoms with Gasteiger partial charge in [-0.2, -0.15) is 0 Å². The minimum atomic E-state index is -0.749. The first-order chi connectivity index (χ1) is 12.9. The van der Waals surface area contributed by atoms with Crippen molar-refractivity contribution in [2.75, 3.05) is 31.0 Å². The number of carbonyl (C=O) groups is 2. The van der Waals surface area contributed by atoms with E-state index in [2.05, 4.69) is 5.32 Å². The summed E-state index contributed by atoms with van der Waals surface area (Å²) in [6.07, 6.45) is 0.442. The van der Waals surface area contributed by atoms with E-state index in [0.29, 0.717) is 35.2 Å². The Morgan fingerprint density at radius 2 is 1.81 bits per heavy atom. The van der Waals surface area contributed by atoms with Crippen molar-refractivity contribution in [3.8, 4) is 11.5 Å². The van der Waals surface area contributed by atoms with E-state index in [-0.39, 0.29) is 11.8 Å². The number of aryl methyl sites for hydroxylation is 1. The van der Waals surface area contributed by atoms with Gasteiger partial charge in [-0.25, -0.2) is 0 Å². The summed E-state index contributed by atoms with van der Waals surface area (Å²) >= 11 is 6.07. The molecule has 0 aromatic heterocycles. The molecule has 0 spiro atoms. The zero-order chi connectivity index (χ0) is 19.6. The van der Waals surface area contributed by atoms with E-state index in [1.807, 2.05) is 13.0 Å². The molecule has 3 rings (SSSR count). The number of halogens is 1. The number of carbonyl (C=O) groups excluding carboxylic acids is 2. The lowest BCUT2D eigenvalue weighted by atomic mass is 10.1. The average molecular weight is 389 g/mol. The van der Waals surface area contributed by atoms with Crippen molar-refractivity contribution in [3.05, 3.63) is 47.0 Å². The highest BCUT2D eigenvalue weighted by Gasteiger charge is 2.38. The largest absolute Gasteiger partial charge is 0.497 e. The zero-order valence-electron chi connectivity index (χ0n) is 15.4. The number of benzene rings is 2. The van der Waals surface area contributed by atoms with Crippen molar-refractivity contribution < 1.29 is 19.1 Å². The Kier molecular flexibility index (Phi) is 5.56. The molecule has 7 heteroatoms. The van der Waals surface area contributed by atoms with Crippen LogP contribution in [0.5, 0.6) is 11.5 Å². The SMILES string of the molecule is COc1cc(NC(=O)C2CCN(c3cc(Cl)ccc3C)C2=O)cc(OC)c1. The Bertz CT molecular complexity index is 862. The summed E-state index contributed by atoms with van der Waals surface area (Å²) in [5, 5.41) is 3.34. The Morgan fingerprint density at radius 3 is 2.44 bits per heavy atom. The van der Waals surface area contributed by atoms with Gasteiger partial charge in [0.05, 0.1) is 14.2 Å². The fourth-order valence-corrected chi connectivity index (χ4v) is 3.31. The second-order valence-corrected chi connectivity index (χ2v) is 6.79. The molecular formula is C20H21ClN2O4. The fraction of sp³-hybridized carbons (Fsp3) is 0.300. The first-order valence-electron chi connectivity index (χ1n) is 8.54. The molecule has 1 fully saturated rings. The van der Waals surface area contributed by atoms with Gasteiger partial charge in [0.1, 0.15) is 17.4 Å². The summed E-state index contributed by atoms with van der Waals surface area (Å²) in [5.74, 6) is -0.219. The van der Waals surface area contributed by atoms with Gasteiger partial charge < -0.3 is 19.7 Å². The van der Waals surface area contributed by atoms with Crippen LogP contribution in [0.3, 0.4) is 0 Å². The van der Waals surface area contributed by atoms with Crippen molar-refractivity contribution in [2.24, 2.45) is 5.92 Å². The summed E-state index contributed by atoms with van der Waals surface area (Å²) in [6.45, 7) is 2.38. The van der Waals surface area contributed by atoms with Crippen molar-refractivity contribution in [3.63, 3.8) is 0 Å². The number of amides is 2. The van der Waals surface area contributed by atoms with Crippen LogP contribution in [0.4, 0.5) is 11.4 Å². The fourth-order valence-electron chi connectivity index (χ4n) is 3.14. The molecule has 1 heterocycles. The molecule has 1 aliphatic rings. The van der Waals surface area contributed by atoms with Gasteiger partial charge >= 0.3 is 0 Å². The highest BCUT2D eigenvalue weighted by Crippen LogP contribution is 2.31. The molecule has 0 saturated carbocycles. The Balaban J connectivity index is 1.77. The maximum Gasteiger partial charge on any atom is 0.239 e. The summed E-state index contributed by atoms with van der Waals surface area (Å²) in [7, 11) is 3.07. The lowest BCUT2D eigenvalue weighted by Crippen LogP contribution is -2.33. The number of rotatable bonds is 5. The van der Waals surface area contributed by atoms with E-state index in [4.69, 9.17) is 21.1 Å². The van der Waals surface area contributed by atoms with Crippen LogP contribution in [0.15, 0.2) is 36.4 Å². The van der Waals surface area contributed by atoms with Crippen LogP contribution in [-0.2, 0) is 9.59 Å². The quantitative estimate of drug-likeness (QED) is 0.794. The number of nitrogens with zero attached hydrogens (tertiary/aromatic N) is 1. The summed E-state index contributed by atoms with van der Waals surface area (Å²) in [4.78, 5) is 27.1. The number of hydrogen-bond acceptors (Lipinski definition) is 4. The van der Waals surface area contributed by atoms with E-state index in [1.165, 1.54) is 14.2 Å². The highest BCUT2D eigenvalue weighted by molar-refractivity contribution is 6.31. The minimum absolute atomic E-state index is 0.229.